The highest BCUT2D eigenvalue weighted by molar-refractivity contribution is 8.01. The van der Waals surface area contributed by atoms with Crippen molar-refractivity contribution in [2.45, 2.75) is 48.7 Å². The molecule has 1 aromatic heterocycles. The SMILES string of the molecule is CC(=O)Nc1ccc(-c2csc(SC(CCC[NH-])C3CCN(Cc4ccc(Cl)c(Cl)c4)CC3)n2)cc1.Cl. The van der Waals surface area contributed by atoms with Crippen LogP contribution in [-0.4, -0.2) is 40.7 Å². The predicted molar refractivity (Wildman–Crippen MR) is 162 cm³/mol. The lowest BCUT2D eigenvalue weighted by Gasteiger charge is -2.36. The third-order valence-electron chi connectivity index (χ3n) is 6.45. The summed E-state index contributed by atoms with van der Waals surface area (Å²) in [6, 6.07) is 13.7. The van der Waals surface area contributed by atoms with Crippen LogP contribution in [0.4, 0.5) is 5.69 Å². The molecule has 1 saturated heterocycles. The smallest absolute Gasteiger partial charge is 0.221 e. The van der Waals surface area contributed by atoms with E-state index in [0.717, 1.165) is 66.6 Å². The van der Waals surface area contributed by atoms with Crippen molar-refractivity contribution in [2.24, 2.45) is 5.92 Å². The first-order valence-corrected chi connectivity index (χ1v) is 14.7. The Morgan fingerprint density at radius 1 is 1.19 bits per heavy atom. The van der Waals surface area contributed by atoms with Gasteiger partial charge in [-0.05, 0) is 68.1 Å². The van der Waals surface area contributed by atoms with Crippen LogP contribution in [0.3, 0.4) is 0 Å². The van der Waals surface area contributed by atoms with Gasteiger partial charge in [0.25, 0.3) is 0 Å². The van der Waals surface area contributed by atoms with Crippen molar-refractivity contribution in [3.63, 3.8) is 0 Å². The lowest BCUT2D eigenvalue weighted by Crippen LogP contribution is -2.36. The molecule has 2 heterocycles. The number of hydrogen-bond donors (Lipinski definition) is 1. The number of hydrogen-bond acceptors (Lipinski definition) is 5. The molecule has 5 nitrogen and oxygen atoms in total. The lowest BCUT2D eigenvalue weighted by molar-refractivity contribution is -0.114. The maximum atomic E-state index is 11.3. The van der Waals surface area contributed by atoms with Crippen molar-refractivity contribution in [3.8, 4) is 11.3 Å². The topological polar surface area (TPSA) is 69.0 Å². The number of nitrogens with zero attached hydrogens (tertiary/aromatic N) is 2. The number of anilines is 1. The summed E-state index contributed by atoms with van der Waals surface area (Å²) in [4.78, 5) is 18.7. The van der Waals surface area contributed by atoms with Crippen LogP contribution in [0, 0.1) is 5.92 Å². The molecule has 2 aromatic carbocycles. The van der Waals surface area contributed by atoms with Gasteiger partial charge in [-0.2, -0.15) is 6.54 Å². The molecule has 0 aliphatic carbocycles. The largest absolute Gasteiger partial charge is 0.677 e. The van der Waals surface area contributed by atoms with Gasteiger partial charge >= 0.3 is 0 Å². The minimum atomic E-state index is -0.0750. The van der Waals surface area contributed by atoms with E-state index in [9.17, 15) is 4.79 Å². The number of amides is 1. The van der Waals surface area contributed by atoms with Gasteiger partial charge in [0.1, 0.15) is 0 Å². The highest BCUT2D eigenvalue weighted by atomic mass is 35.5. The first-order chi connectivity index (χ1) is 17.4. The summed E-state index contributed by atoms with van der Waals surface area (Å²) in [5.74, 6) is 0.546. The number of likely N-dealkylation sites (tertiary alicyclic amines) is 1. The second-order valence-corrected chi connectivity index (χ2v) is 12.3. The van der Waals surface area contributed by atoms with Gasteiger partial charge in [-0.3, -0.25) is 9.69 Å². The van der Waals surface area contributed by atoms with Crippen LogP contribution in [0.15, 0.2) is 52.2 Å². The van der Waals surface area contributed by atoms with Crippen LogP contribution in [-0.2, 0) is 11.3 Å². The maximum Gasteiger partial charge on any atom is 0.221 e. The van der Waals surface area contributed by atoms with Gasteiger partial charge in [0.15, 0.2) is 4.34 Å². The standard InChI is InChI=1S/C27H31Cl2N4OS2.ClH/c1-18(34)31-22-7-5-20(6-8-22)25-17-35-27(32-25)36-26(3-2-12-30)21-10-13-33(14-11-21)16-19-4-9-23(28)24(29)15-19;/h4-9,15,17,21,26,30H,2-3,10-14,16H2,1H3,(H,31,34);1H/q-1;. The van der Waals surface area contributed by atoms with Crippen LogP contribution in [0.5, 0.6) is 0 Å². The van der Waals surface area contributed by atoms with Crippen LogP contribution in [0.25, 0.3) is 17.0 Å². The van der Waals surface area contributed by atoms with Crippen molar-refractivity contribution in [1.82, 2.24) is 9.88 Å². The van der Waals surface area contributed by atoms with Gasteiger partial charge in [0, 0.05) is 35.3 Å². The van der Waals surface area contributed by atoms with Gasteiger partial charge in [-0.25, -0.2) is 4.98 Å². The minimum Gasteiger partial charge on any atom is -0.677 e. The zero-order chi connectivity index (χ0) is 25.5. The van der Waals surface area contributed by atoms with E-state index in [4.69, 9.17) is 33.9 Å². The number of nitrogens with one attached hydrogen (secondary N) is 2. The molecule has 4 rings (SSSR count). The number of rotatable bonds is 10. The zero-order valence-corrected chi connectivity index (χ0v) is 24.7. The van der Waals surface area contributed by atoms with E-state index in [2.05, 4.69) is 21.7 Å². The van der Waals surface area contributed by atoms with Gasteiger partial charge < -0.3 is 11.1 Å². The molecule has 0 radical (unpaired) electrons. The summed E-state index contributed by atoms with van der Waals surface area (Å²) in [7, 11) is 0. The lowest BCUT2D eigenvalue weighted by atomic mass is 9.90. The fraction of sp³-hybridized carbons (Fsp3) is 0.407. The number of piperidine rings is 1. The molecule has 3 aromatic rings. The minimum absolute atomic E-state index is 0. The fourth-order valence-corrected chi connectivity index (χ4v) is 7.34. The number of thiazole rings is 1. The van der Waals surface area contributed by atoms with E-state index >= 15 is 0 Å². The van der Waals surface area contributed by atoms with Gasteiger partial charge in [-0.1, -0.05) is 59.6 Å². The number of carbonyl (C=O) groups excluding carboxylic acids is 1. The summed E-state index contributed by atoms with van der Waals surface area (Å²) < 4.78 is 1.09. The summed E-state index contributed by atoms with van der Waals surface area (Å²) in [6.45, 7) is 5.00. The Labute approximate surface area is 243 Å². The second kappa shape index (κ2) is 14.7. The molecule has 1 amide bonds. The molecule has 200 valence electrons. The molecule has 0 spiro atoms. The molecule has 1 unspecified atom stereocenters. The molecule has 1 aliphatic rings. The molecule has 2 N–H and O–H groups in total. The van der Waals surface area contributed by atoms with E-state index < -0.39 is 0 Å². The van der Waals surface area contributed by atoms with Gasteiger partial charge in [-0.15, -0.1) is 23.7 Å². The van der Waals surface area contributed by atoms with Gasteiger partial charge in [0.2, 0.25) is 5.91 Å². The first kappa shape index (κ1) is 30.2. The van der Waals surface area contributed by atoms with E-state index in [1.807, 2.05) is 48.2 Å². The number of thioether (sulfide) groups is 1. The van der Waals surface area contributed by atoms with E-state index in [-0.39, 0.29) is 18.3 Å². The van der Waals surface area contributed by atoms with E-state index in [1.54, 1.807) is 11.3 Å². The maximum absolute atomic E-state index is 11.3. The van der Waals surface area contributed by atoms with E-state index in [0.29, 0.717) is 27.8 Å². The van der Waals surface area contributed by atoms with Crippen LogP contribution in [0.2, 0.25) is 10.0 Å². The monoisotopic (exact) mass is 597 g/mol. The highest BCUT2D eigenvalue weighted by Gasteiger charge is 2.28. The predicted octanol–water partition coefficient (Wildman–Crippen LogP) is 8.70. The molecular weight excluding hydrogens is 567 g/mol. The van der Waals surface area contributed by atoms with Crippen LogP contribution in [0.1, 0.15) is 38.2 Å². The van der Waals surface area contributed by atoms with Crippen LogP contribution >= 0.6 is 58.7 Å². The highest BCUT2D eigenvalue weighted by Crippen LogP contribution is 2.39. The molecule has 0 saturated carbocycles. The van der Waals surface area contributed by atoms with Crippen LogP contribution < -0.4 is 5.32 Å². The normalized spacial score (nSPS) is 15.2. The number of halogens is 3. The second-order valence-electron chi connectivity index (χ2n) is 9.17. The Balaban J connectivity index is 0.00000380. The summed E-state index contributed by atoms with van der Waals surface area (Å²) >= 11 is 15.8. The average Bonchev–Trinajstić information content (AvgIpc) is 3.33. The zero-order valence-electron chi connectivity index (χ0n) is 20.7. The molecule has 1 atom stereocenters. The molecule has 10 heteroatoms. The molecule has 1 fully saturated rings. The Hall–Kier alpha value is -1.32. The van der Waals surface area contributed by atoms with Crippen molar-refractivity contribution in [1.29, 1.82) is 0 Å². The Kier molecular flexibility index (Phi) is 12.0. The number of carbonyl (C=O) groups is 1. The quantitative estimate of drug-likeness (QED) is 0.237. The average molecular weight is 599 g/mol. The third kappa shape index (κ3) is 8.85. The van der Waals surface area contributed by atoms with Crippen molar-refractivity contribution < 1.29 is 4.79 Å². The van der Waals surface area contributed by atoms with Crippen molar-refractivity contribution in [2.75, 3.05) is 25.0 Å². The molecule has 37 heavy (non-hydrogen) atoms. The Morgan fingerprint density at radius 3 is 2.57 bits per heavy atom. The van der Waals surface area contributed by atoms with Gasteiger partial charge in [0.05, 0.1) is 15.7 Å². The van der Waals surface area contributed by atoms with Crippen molar-refractivity contribution >= 4 is 70.3 Å². The summed E-state index contributed by atoms with van der Waals surface area (Å²) in [5, 5.41) is 6.60. The number of benzene rings is 2. The summed E-state index contributed by atoms with van der Waals surface area (Å²) in [6.07, 6.45) is 4.27. The fourth-order valence-electron chi connectivity index (χ4n) is 4.57. The molecule has 1 aliphatic heterocycles. The Bertz CT molecular complexity index is 1150. The third-order valence-corrected chi connectivity index (χ3v) is 9.62. The molecule has 0 bridgehead atoms. The van der Waals surface area contributed by atoms with Crippen molar-refractivity contribution in [3.05, 3.63) is 69.2 Å². The summed E-state index contributed by atoms with van der Waals surface area (Å²) in [5.41, 5.74) is 11.7. The first-order valence-electron chi connectivity index (χ1n) is 12.2. The number of aromatic nitrogens is 1. The van der Waals surface area contributed by atoms with E-state index in [1.165, 1.54) is 12.5 Å². The Morgan fingerprint density at radius 2 is 1.92 bits per heavy atom. The molecular formula is C27H32Cl3N4OS2-.